The van der Waals surface area contributed by atoms with Gasteiger partial charge in [0.25, 0.3) is 5.91 Å². The second-order valence-corrected chi connectivity index (χ2v) is 6.43. The third kappa shape index (κ3) is 2.61. The van der Waals surface area contributed by atoms with E-state index >= 15 is 0 Å². The number of hydrogen-bond acceptors (Lipinski definition) is 5. The van der Waals surface area contributed by atoms with Gasteiger partial charge in [0.15, 0.2) is 10.8 Å². The molecule has 2 aromatic rings. The average Bonchev–Trinajstić information content (AvgIpc) is 3.03. The lowest BCUT2D eigenvalue weighted by Crippen LogP contribution is -2.49. The van der Waals surface area contributed by atoms with E-state index in [1.807, 2.05) is 22.4 Å². The monoisotopic (exact) mass is 303 g/mol. The number of carbonyl (C=O) groups excluding carboxylic acids is 1. The molecule has 3 heterocycles. The molecule has 2 aromatic heterocycles. The number of piperazine rings is 1. The predicted octanol–water partition coefficient (Wildman–Crippen LogP) is 2.32. The molecule has 0 bridgehead atoms. The van der Waals surface area contributed by atoms with Crippen molar-refractivity contribution in [1.82, 2.24) is 14.8 Å². The second kappa shape index (κ2) is 5.27. The molecule has 1 aliphatic carbocycles. The van der Waals surface area contributed by atoms with Crippen LogP contribution < -0.4 is 0 Å². The molecule has 1 aliphatic heterocycles. The minimum Gasteiger partial charge on any atom is -0.462 e. The van der Waals surface area contributed by atoms with Crippen LogP contribution in [-0.4, -0.2) is 52.9 Å². The van der Waals surface area contributed by atoms with Gasteiger partial charge in [0.05, 0.1) is 6.26 Å². The van der Waals surface area contributed by atoms with Crippen molar-refractivity contribution < 1.29 is 9.21 Å². The fourth-order valence-electron chi connectivity index (χ4n) is 2.78. The van der Waals surface area contributed by atoms with E-state index in [0.29, 0.717) is 5.69 Å². The van der Waals surface area contributed by atoms with Crippen LogP contribution in [0.3, 0.4) is 0 Å². The van der Waals surface area contributed by atoms with Crippen molar-refractivity contribution in [2.24, 2.45) is 0 Å². The third-order valence-corrected chi connectivity index (χ3v) is 4.98. The Hall–Kier alpha value is -1.66. The van der Waals surface area contributed by atoms with Crippen molar-refractivity contribution in [3.05, 3.63) is 29.5 Å². The van der Waals surface area contributed by atoms with E-state index in [4.69, 9.17) is 4.42 Å². The molecule has 0 N–H and O–H groups in total. The Morgan fingerprint density at radius 2 is 2.10 bits per heavy atom. The van der Waals surface area contributed by atoms with Gasteiger partial charge in [-0.25, -0.2) is 4.98 Å². The molecule has 21 heavy (non-hydrogen) atoms. The maximum absolute atomic E-state index is 12.5. The van der Waals surface area contributed by atoms with E-state index < -0.39 is 0 Å². The van der Waals surface area contributed by atoms with Gasteiger partial charge in [-0.05, 0) is 25.0 Å². The highest BCUT2D eigenvalue weighted by Crippen LogP contribution is 2.28. The van der Waals surface area contributed by atoms with E-state index in [0.717, 1.165) is 43.0 Å². The Labute approximate surface area is 127 Å². The van der Waals surface area contributed by atoms with Crippen LogP contribution in [0.25, 0.3) is 10.8 Å². The first-order valence-electron chi connectivity index (χ1n) is 7.34. The van der Waals surface area contributed by atoms with Crippen LogP contribution in [0.15, 0.2) is 28.2 Å². The lowest BCUT2D eigenvalue weighted by atomic mass is 10.3. The zero-order valence-electron chi connectivity index (χ0n) is 11.7. The molecular formula is C15H17N3O2S. The summed E-state index contributed by atoms with van der Waals surface area (Å²) in [6.45, 7) is 3.60. The molecule has 0 unspecified atom stereocenters. The van der Waals surface area contributed by atoms with Crippen molar-refractivity contribution in [3.8, 4) is 10.8 Å². The summed E-state index contributed by atoms with van der Waals surface area (Å²) in [5, 5.41) is 2.59. The number of carbonyl (C=O) groups is 1. The topological polar surface area (TPSA) is 49.6 Å². The van der Waals surface area contributed by atoms with Gasteiger partial charge in [-0.3, -0.25) is 9.69 Å². The normalized spacial score (nSPS) is 19.9. The summed E-state index contributed by atoms with van der Waals surface area (Å²) >= 11 is 1.45. The molecule has 1 saturated heterocycles. The zero-order chi connectivity index (χ0) is 14.2. The Morgan fingerprint density at radius 3 is 2.76 bits per heavy atom. The van der Waals surface area contributed by atoms with Gasteiger partial charge in [0.2, 0.25) is 0 Å². The van der Waals surface area contributed by atoms with E-state index in [1.165, 1.54) is 24.2 Å². The first-order chi connectivity index (χ1) is 10.3. The molecule has 2 fully saturated rings. The minimum absolute atomic E-state index is 0.0412. The van der Waals surface area contributed by atoms with Crippen LogP contribution in [-0.2, 0) is 0 Å². The van der Waals surface area contributed by atoms with E-state index in [9.17, 15) is 4.79 Å². The minimum atomic E-state index is 0.0412. The van der Waals surface area contributed by atoms with Crippen molar-refractivity contribution >= 4 is 17.2 Å². The molecule has 6 heteroatoms. The highest BCUT2D eigenvalue weighted by Gasteiger charge is 2.32. The summed E-state index contributed by atoms with van der Waals surface area (Å²) in [4.78, 5) is 21.3. The number of amides is 1. The van der Waals surface area contributed by atoms with Gasteiger partial charge in [0, 0.05) is 37.6 Å². The number of nitrogens with zero attached hydrogens (tertiary/aromatic N) is 3. The molecule has 4 rings (SSSR count). The van der Waals surface area contributed by atoms with Crippen molar-refractivity contribution in [3.63, 3.8) is 0 Å². The van der Waals surface area contributed by atoms with Crippen LogP contribution in [0.4, 0.5) is 0 Å². The first-order valence-corrected chi connectivity index (χ1v) is 8.22. The third-order valence-electron chi connectivity index (χ3n) is 4.12. The molecule has 0 spiro atoms. The Balaban J connectivity index is 1.43. The van der Waals surface area contributed by atoms with Crippen LogP contribution in [0, 0.1) is 0 Å². The molecule has 1 amide bonds. The van der Waals surface area contributed by atoms with Gasteiger partial charge in [-0.1, -0.05) is 0 Å². The Kier molecular flexibility index (Phi) is 3.27. The summed E-state index contributed by atoms with van der Waals surface area (Å²) in [6.07, 6.45) is 4.27. The van der Waals surface area contributed by atoms with Crippen LogP contribution >= 0.6 is 11.3 Å². The maximum Gasteiger partial charge on any atom is 0.273 e. The first kappa shape index (κ1) is 13.0. The summed E-state index contributed by atoms with van der Waals surface area (Å²) in [7, 11) is 0. The lowest BCUT2D eigenvalue weighted by molar-refractivity contribution is 0.0622. The summed E-state index contributed by atoms with van der Waals surface area (Å²) in [6, 6.07) is 4.48. The fraction of sp³-hybridized carbons (Fsp3) is 0.467. The number of aromatic nitrogens is 1. The predicted molar refractivity (Wildman–Crippen MR) is 80.3 cm³/mol. The largest absolute Gasteiger partial charge is 0.462 e. The molecule has 0 aromatic carbocycles. The van der Waals surface area contributed by atoms with Crippen LogP contribution in [0.2, 0.25) is 0 Å². The summed E-state index contributed by atoms with van der Waals surface area (Å²) < 4.78 is 5.32. The highest BCUT2D eigenvalue weighted by molar-refractivity contribution is 7.13. The van der Waals surface area contributed by atoms with E-state index in [2.05, 4.69) is 9.88 Å². The summed E-state index contributed by atoms with van der Waals surface area (Å²) in [5.41, 5.74) is 0.534. The van der Waals surface area contributed by atoms with Crippen LogP contribution in [0.5, 0.6) is 0 Å². The zero-order valence-corrected chi connectivity index (χ0v) is 12.5. The van der Waals surface area contributed by atoms with E-state index in [-0.39, 0.29) is 5.91 Å². The van der Waals surface area contributed by atoms with Gasteiger partial charge >= 0.3 is 0 Å². The molecule has 1 saturated carbocycles. The quantitative estimate of drug-likeness (QED) is 0.873. The standard InChI is InChI=1S/C15H17N3O2S/c19-15(18-7-5-17(6-8-18)11-3-4-11)12-10-21-14(16-12)13-2-1-9-20-13/h1-2,9-11H,3-8H2. The molecule has 0 radical (unpaired) electrons. The maximum atomic E-state index is 12.5. The van der Waals surface area contributed by atoms with Crippen molar-refractivity contribution in [1.29, 1.82) is 0 Å². The Bertz CT molecular complexity index is 625. The van der Waals surface area contributed by atoms with Gasteiger partial charge in [0.1, 0.15) is 5.69 Å². The van der Waals surface area contributed by atoms with Gasteiger partial charge < -0.3 is 9.32 Å². The number of rotatable bonds is 3. The second-order valence-electron chi connectivity index (χ2n) is 5.57. The van der Waals surface area contributed by atoms with Crippen LogP contribution in [0.1, 0.15) is 23.3 Å². The highest BCUT2D eigenvalue weighted by atomic mass is 32.1. The number of thiazole rings is 1. The number of furan rings is 1. The van der Waals surface area contributed by atoms with Gasteiger partial charge in [-0.15, -0.1) is 11.3 Å². The van der Waals surface area contributed by atoms with E-state index in [1.54, 1.807) is 6.26 Å². The Morgan fingerprint density at radius 1 is 1.29 bits per heavy atom. The lowest BCUT2D eigenvalue weighted by Gasteiger charge is -2.34. The molecule has 110 valence electrons. The SMILES string of the molecule is O=C(c1csc(-c2ccco2)n1)N1CCN(C2CC2)CC1. The molecule has 0 atom stereocenters. The number of hydrogen-bond donors (Lipinski definition) is 0. The molecular weight excluding hydrogens is 286 g/mol. The average molecular weight is 303 g/mol. The smallest absolute Gasteiger partial charge is 0.273 e. The van der Waals surface area contributed by atoms with Crippen molar-refractivity contribution in [2.75, 3.05) is 26.2 Å². The molecule has 2 aliphatic rings. The molecule has 5 nitrogen and oxygen atoms in total. The summed E-state index contributed by atoms with van der Waals surface area (Å²) in [5.74, 6) is 0.761. The van der Waals surface area contributed by atoms with Crippen molar-refractivity contribution in [2.45, 2.75) is 18.9 Å². The van der Waals surface area contributed by atoms with Gasteiger partial charge in [-0.2, -0.15) is 0 Å². The fourth-order valence-corrected chi connectivity index (χ4v) is 3.54.